The van der Waals surface area contributed by atoms with Crippen molar-refractivity contribution in [1.82, 2.24) is 9.97 Å². The highest BCUT2D eigenvalue weighted by molar-refractivity contribution is 6.11. The first kappa shape index (κ1) is 18.4. The molecule has 4 aromatic rings. The van der Waals surface area contributed by atoms with Gasteiger partial charge >= 0.3 is 0 Å². The van der Waals surface area contributed by atoms with Gasteiger partial charge in [-0.2, -0.15) is 0 Å². The predicted octanol–water partition coefficient (Wildman–Crippen LogP) is 4.82. The van der Waals surface area contributed by atoms with Gasteiger partial charge in [-0.15, -0.1) is 0 Å². The summed E-state index contributed by atoms with van der Waals surface area (Å²) in [4.78, 5) is 20.8. The number of carbonyl (C=O) groups is 1. The van der Waals surface area contributed by atoms with Crippen LogP contribution in [0.5, 0.6) is 17.2 Å². The van der Waals surface area contributed by atoms with Crippen molar-refractivity contribution in [1.29, 1.82) is 0 Å². The lowest BCUT2D eigenvalue weighted by Gasteiger charge is -2.11. The smallest absolute Gasteiger partial charge is 0.258 e. The van der Waals surface area contributed by atoms with Gasteiger partial charge in [-0.1, -0.05) is 12.1 Å². The Bertz CT molecular complexity index is 1180. The van der Waals surface area contributed by atoms with Crippen LogP contribution >= 0.6 is 0 Å². The van der Waals surface area contributed by atoms with Crippen molar-refractivity contribution in [3.05, 3.63) is 84.4 Å². The zero-order valence-electron chi connectivity index (χ0n) is 15.4. The summed E-state index contributed by atoms with van der Waals surface area (Å²) in [6.07, 6.45) is 2.91. The third-order valence-corrected chi connectivity index (χ3v) is 4.19. The van der Waals surface area contributed by atoms with Crippen LogP contribution in [0.25, 0.3) is 11.0 Å². The van der Waals surface area contributed by atoms with Gasteiger partial charge in [0.15, 0.2) is 11.5 Å². The van der Waals surface area contributed by atoms with E-state index in [-0.39, 0.29) is 5.56 Å². The van der Waals surface area contributed by atoms with Crippen LogP contribution in [-0.2, 0) is 0 Å². The third kappa shape index (κ3) is 3.98. The van der Waals surface area contributed by atoms with Crippen LogP contribution in [0.1, 0.15) is 10.4 Å². The number of amides is 1. The Labute approximate surface area is 166 Å². The van der Waals surface area contributed by atoms with Crippen molar-refractivity contribution in [2.75, 3.05) is 12.4 Å². The molecule has 0 spiro atoms. The Morgan fingerprint density at radius 3 is 2.45 bits per heavy atom. The monoisotopic (exact) mass is 389 g/mol. The molecule has 3 aromatic carbocycles. The van der Waals surface area contributed by atoms with E-state index in [0.717, 1.165) is 6.07 Å². The molecule has 1 aromatic heterocycles. The molecule has 29 heavy (non-hydrogen) atoms. The molecule has 0 aliphatic carbocycles. The Hall–Kier alpha value is -4.00. The molecule has 144 valence electrons. The van der Waals surface area contributed by atoms with Crippen LogP contribution in [0.15, 0.2) is 73.1 Å². The first-order valence-electron chi connectivity index (χ1n) is 8.76. The molecule has 0 fully saturated rings. The van der Waals surface area contributed by atoms with E-state index in [1.54, 1.807) is 43.5 Å². The van der Waals surface area contributed by atoms with Crippen LogP contribution < -0.4 is 14.8 Å². The number of aromatic nitrogens is 2. The van der Waals surface area contributed by atoms with Crippen LogP contribution in [0.3, 0.4) is 0 Å². The quantitative estimate of drug-likeness (QED) is 0.530. The minimum absolute atomic E-state index is 0.113. The van der Waals surface area contributed by atoms with Gasteiger partial charge in [0.25, 0.3) is 5.91 Å². The Kier molecular flexibility index (Phi) is 5.03. The minimum atomic E-state index is -0.552. The van der Waals surface area contributed by atoms with E-state index in [1.807, 2.05) is 12.1 Å². The van der Waals surface area contributed by atoms with Crippen molar-refractivity contribution < 1.29 is 18.7 Å². The summed E-state index contributed by atoms with van der Waals surface area (Å²) in [5, 5.41) is 2.74. The highest BCUT2D eigenvalue weighted by Gasteiger charge is 2.14. The molecular weight excluding hydrogens is 373 g/mol. The van der Waals surface area contributed by atoms with E-state index in [0.29, 0.717) is 34.0 Å². The van der Waals surface area contributed by atoms with Gasteiger partial charge in [0.1, 0.15) is 17.1 Å². The molecule has 1 amide bonds. The summed E-state index contributed by atoms with van der Waals surface area (Å²) in [6.45, 7) is 0. The zero-order chi connectivity index (χ0) is 20.2. The van der Waals surface area contributed by atoms with Crippen LogP contribution in [0.4, 0.5) is 10.1 Å². The number of hydrogen-bond donors (Lipinski definition) is 1. The maximum atomic E-state index is 13.8. The number of halogens is 1. The molecule has 0 unspecified atom stereocenters. The second-order valence-electron chi connectivity index (χ2n) is 6.11. The van der Waals surface area contributed by atoms with E-state index in [1.165, 1.54) is 18.5 Å². The van der Waals surface area contributed by atoms with Crippen molar-refractivity contribution >= 4 is 22.6 Å². The molecule has 0 saturated heterocycles. The lowest BCUT2D eigenvalue weighted by molar-refractivity contribution is 0.102. The van der Waals surface area contributed by atoms with E-state index in [2.05, 4.69) is 15.3 Å². The number of ether oxygens (including phenoxy) is 2. The molecule has 0 aliphatic heterocycles. The van der Waals surface area contributed by atoms with Gasteiger partial charge in [-0.05, 0) is 42.5 Å². The summed E-state index contributed by atoms with van der Waals surface area (Å²) in [5.41, 5.74) is 1.30. The maximum absolute atomic E-state index is 13.8. The average molecular weight is 389 g/mol. The van der Waals surface area contributed by atoms with Crippen molar-refractivity contribution in [2.24, 2.45) is 0 Å². The third-order valence-electron chi connectivity index (χ3n) is 4.19. The van der Waals surface area contributed by atoms with Crippen molar-refractivity contribution in [3.8, 4) is 17.2 Å². The second kappa shape index (κ2) is 7.93. The molecule has 7 heteroatoms. The minimum Gasteiger partial charge on any atom is -0.493 e. The second-order valence-corrected chi connectivity index (χ2v) is 6.11. The van der Waals surface area contributed by atoms with Crippen molar-refractivity contribution in [2.45, 2.75) is 0 Å². The first-order valence-corrected chi connectivity index (χ1v) is 8.76. The number of para-hydroxylation sites is 2. The van der Waals surface area contributed by atoms with Gasteiger partial charge in [0.05, 0.1) is 18.2 Å². The molecule has 1 N–H and O–H groups in total. The maximum Gasteiger partial charge on any atom is 0.258 e. The van der Waals surface area contributed by atoms with E-state index < -0.39 is 11.7 Å². The van der Waals surface area contributed by atoms with Crippen LogP contribution in [0, 0.1) is 5.82 Å². The molecular formula is C22H16FN3O3. The van der Waals surface area contributed by atoms with E-state index in [4.69, 9.17) is 9.47 Å². The summed E-state index contributed by atoms with van der Waals surface area (Å²) in [6, 6.07) is 16.5. The van der Waals surface area contributed by atoms with Crippen molar-refractivity contribution in [3.63, 3.8) is 0 Å². The van der Waals surface area contributed by atoms with Gasteiger partial charge in [-0.25, -0.2) is 4.39 Å². The standard InChI is InChI=1S/C22H16FN3O3/c1-28-19-4-2-3-5-20(19)29-16-8-6-15(7-9-16)26-22(27)17-12-14(23)13-18-21(17)25-11-10-24-18/h2-13H,1H3,(H,26,27). The molecule has 1 heterocycles. The average Bonchev–Trinajstić information content (AvgIpc) is 2.75. The molecule has 0 bridgehead atoms. The Balaban J connectivity index is 1.53. The highest BCUT2D eigenvalue weighted by Crippen LogP contribution is 2.31. The fourth-order valence-electron chi connectivity index (χ4n) is 2.85. The molecule has 0 radical (unpaired) electrons. The van der Waals surface area contributed by atoms with E-state index >= 15 is 0 Å². The summed E-state index contributed by atoms with van der Waals surface area (Å²) in [7, 11) is 1.57. The lowest BCUT2D eigenvalue weighted by Crippen LogP contribution is -2.13. The normalized spacial score (nSPS) is 10.6. The first-order chi connectivity index (χ1) is 14.1. The van der Waals surface area contributed by atoms with Crippen LogP contribution in [-0.4, -0.2) is 23.0 Å². The Morgan fingerprint density at radius 1 is 0.966 bits per heavy atom. The Morgan fingerprint density at radius 2 is 1.69 bits per heavy atom. The number of rotatable bonds is 5. The molecule has 0 aliphatic rings. The number of nitrogens with zero attached hydrogens (tertiary/aromatic N) is 2. The molecule has 4 rings (SSSR count). The summed E-state index contributed by atoms with van der Waals surface area (Å²) < 4.78 is 24.9. The van der Waals surface area contributed by atoms with Gasteiger partial charge in [0.2, 0.25) is 0 Å². The number of fused-ring (bicyclic) bond motifs is 1. The number of methoxy groups -OCH3 is 1. The summed E-state index contributed by atoms with van der Waals surface area (Å²) >= 11 is 0. The zero-order valence-corrected chi connectivity index (χ0v) is 15.4. The number of anilines is 1. The van der Waals surface area contributed by atoms with Gasteiger partial charge in [0, 0.05) is 24.1 Å². The fourth-order valence-corrected chi connectivity index (χ4v) is 2.85. The van der Waals surface area contributed by atoms with Crippen LogP contribution in [0.2, 0.25) is 0 Å². The fraction of sp³-hybridized carbons (Fsp3) is 0.0455. The predicted molar refractivity (Wildman–Crippen MR) is 107 cm³/mol. The molecule has 0 saturated carbocycles. The number of benzene rings is 3. The van der Waals surface area contributed by atoms with E-state index in [9.17, 15) is 9.18 Å². The molecule has 6 nitrogen and oxygen atoms in total. The highest BCUT2D eigenvalue weighted by atomic mass is 19.1. The number of hydrogen-bond acceptors (Lipinski definition) is 5. The SMILES string of the molecule is COc1ccccc1Oc1ccc(NC(=O)c2cc(F)cc3nccnc23)cc1. The lowest BCUT2D eigenvalue weighted by atomic mass is 10.1. The topological polar surface area (TPSA) is 73.3 Å². The summed E-state index contributed by atoms with van der Waals surface area (Å²) in [5.74, 6) is 0.743. The van der Waals surface area contributed by atoms with Gasteiger partial charge in [-0.3, -0.25) is 14.8 Å². The molecule has 0 atom stereocenters. The number of nitrogens with one attached hydrogen (secondary N) is 1. The number of carbonyl (C=O) groups excluding carboxylic acids is 1. The van der Waals surface area contributed by atoms with Gasteiger partial charge < -0.3 is 14.8 Å². The largest absolute Gasteiger partial charge is 0.493 e.